The molecule has 10 nitrogen and oxygen atoms in total. The van der Waals surface area contributed by atoms with Crippen molar-refractivity contribution in [3.05, 3.63) is 44.1 Å². The number of H-pyrrole nitrogens is 1. The monoisotopic (exact) mass is 376 g/mol. The Kier molecular flexibility index (Phi) is 5.07. The number of aromatic nitrogens is 4. The molecule has 0 saturated carbocycles. The highest BCUT2D eigenvalue weighted by atomic mass is 16.4. The lowest BCUT2D eigenvalue weighted by Gasteiger charge is -2.25. The molecule has 0 spiro atoms. The normalized spacial score (nSPS) is 15.2. The van der Waals surface area contributed by atoms with E-state index in [1.54, 1.807) is 6.07 Å². The Morgan fingerprint density at radius 3 is 2.48 bits per heavy atom. The average Bonchev–Trinajstić information content (AvgIpc) is 2.63. The van der Waals surface area contributed by atoms with Gasteiger partial charge in [-0.15, -0.1) is 0 Å². The molecule has 0 aliphatic carbocycles. The van der Waals surface area contributed by atoms with Crippen LogP contribution in [0.3, 0.4) is 0 Å². The second-order valence-electron chi connectivity index (χ2n) is 6.45. The number of aliphatic hydroxyl groups excluding tert-OH is 4. The summed E-state index contributed by atoms with van der Waals surface area (Å²) >= 11 is 0. The van der Waals surface area contributed by atoms with E-state index in [-0.39, 0.29) is 18.1 Å². The highest BCUT2D eigenvalue weighted by Gasteiger charge is 2.27. The fourth-order valence-corrected chi connectivity index (χ4v) is 3.01. The lowest BCUT2D eigenvalue weighted by Crippen LogP contribution is -2.42. The molecule has 5 N–H and O–H groups in total. The number of benzene rings is 1. The third-order valence-electron chi connectivity index (χ3n) is 4.64. The molecule has 3 rings (SSSR count). The fraction of sp³-hybridized carbons (Fsp3) is 0.412. The summed E-state index contributed by atoms with van der Waals surface area (Å²) in [4.78, 5) is 34.0. The van der Waals surface area contributed by atoms with Crippen molar-refractivity contribution in [3.63, 3.8) is 0 Å². The van der Waals surface area contributed by atoms with Crippen LogP contribution in [0.25, 0.3) is 22.6 Å². The van der Waals surface area contributed by atoms with Gasteiger partial charge in [-0.3, -0.25) is 9.78 Å². The van der Waals surface area contributed by atoms with Gasteiger partial charge in [-0.25, -0.2) is 9.78 Å². The first-order valence-electron chi connectivity index (χ1n) is 8.30. The van der Waals surface area contributed by atoms with Crippen molar-refractivity contribution in [2.75, 3.05) is 6.61 Å². The summed E-state index contributed by atoms with van der Waals surface area (Å²) in [7, 11) is 0. The van der Waals surface area contributed by atoms with Crippen molar-refractivity contribution in [3.8, 4) is 11.5 Å². The zero-order valence-electron chi connectivity index (χ0n) is 14.7. The molecule has 27 heavy (non-hydrogen) atoms. The maximum atomic E-state index is 12.2. The molecule has 3 atom stereocenters. The molecule has 10 heteroatoms. The molecular formula is C17H20N4O6. The van der Waals surface area contributed by atoms with Crippen molar-refractivity contribution in [1.82, 2.24) is 19.5 Å². The maximum absolute atomic E-state index is 12.2. The van der Waals surface area contributed by atoms with Gasteiger partial charge < -0.3 is 25.0 Å². The molecule has 0 fully saturated rings. The van der Waals surface area contributed by atoms with Crippen LogP contribution >= 0.6 is 0 Å². The second-order valence-corrected chi connectivity index (χ2v) is 6.45. The van der Waals surface area contributed by atoms with Gasteiger partial charge in [0, 0.05) is 0 Å². The number of hydrogen-bond acceptors (Lipinski definition) is 8. The fourth-order valence-electron chi connectivity index (χ4n) is 3.01. The molecule has 0 unspecified atom stereocenters. The predicted molar refractivity (Wildman–Crippen MR) is 95.6 cm³/mol. The lowest BCUT2D eigenvalue weighted by atomic mass is 10.1. The van der Waals surface area contributed by atoms with E-state index in [0.717, 1.165) is 11.1 Å². The van der Waals surface area contributed by atoms with Crippen LogP contribution in [0.2, 0.25) is 0 Å². The largest absolute Gasteiger partial charge is 0.394 e. The minimum Gasteiger partial charge on any atom is -0.394 e. The van der Waals surface area contributed by atoms with Gasteiger partial charge in [-0.05, 0) is 31.0 Å². The number of hydrogen-bond donors (Lipinski definition) is 5. The second kappa shape index (κ2) is 7.16. The van der Waals surface area contributed by atoms with Gasteiger partial charge in [0.15, 0.2) is 11.5 Å². The highest BCUT2D eigenvalue weighted by Crippen LogP contribution is 2.26. The Morgan fingerprint density at radius 2 is 1.81 bits per heavy atom. The summed E-state index contributed by atoms with van der Waals surface area (Å²) in [5.74, 6) is -0.0466. The SMILES string of the molecule is Cc1ccc2nc3c(=O)[nH]c(=O)nc-3n(C[C@H](O)[C@H](O)[C@H](O)CO)c2c1C. The van der Waals surface area contributed by atoms with Gasteiger partial charge in [-0.1, -0.05) is 6.07 Å². The molecule has 0 aromatic heterocycles. The Hall–Kier alpha value is -2.66. The molecular weight excluding hydrogens is 356 g/mol. The topological polar surface area (TPSA) is 162 Å². The van der Waals surface area contributed by atoms with Crippen molar-refractivity contribution in [2.24, 2.45) is 0 Å². The van der Waals surface area contributed by atoms with Crippen LogP contribution in [-0.4, -0.2) is 64.9 Å². The zero-order valence-corrected chi connectivity index (χ0v) is 14.7. The molecule has 0 saturated heterocycles. The third kappa shape index (κ3) is 3.35. The molecule has 1 aromatic carbocycles. The minimum atomic E-state index is -1.64. The van der Waals surface area contributed by atoms with Crippen LogP contribution in [0.5, 0.6) is 0 Å². The molecule has 0 bridgehead atoms. The van der Waals surface area contributed by atoms with Gasteiger partial charge in [0.05, 0.1) is 24.2 Å². The Labute approximate surface area is 152 Å². The summed E-state index contributed by atoms with van der Waals surface area (Å²) in [5, 5.41) is 38.9. The van der Waals surface area contributed by atoms with E-state index in [1.807, 2.05) is 19.9 Å². The number of aromatic amines is 1. The number of fused-ring (bicyclic) bond motifs is 2. The molecule has 2 heterocycles. The van der Waals surface area contributed by atoms with Crippen molar-refractivity contribution >= 4 is 11.0 Å². The van der Waals surface area contributed by atoms with Gasteiger partial charge in [0.2, 0.25) is 0 Å². The van der Waals surface area contributed by atoms with E-state index >= 15 is 0 Å². The Bertz CT molecular complexity index is 1080. The smallest absolute Gasteiger partial charge is 0.349 e. The first-order valence-corrected chi connectivity index (χ1v) is 8.30. The van der Waals surface area contributed by atoms with E-state index in [2.05, 4.69) is 15.0 Å². The Morgan fingerprint density at radius 1 is 1.11 bits per heavy atom. The molecule has 2 aliphatic rings. The predicted octanol–water partition coefficient (Wildman–Crippen LogP) is -1.72. The van der Waals surface area contributed by atoms with Crippen LogP contribution in [0.15, 0.2) is 21.7 Å². The van der Waals surface area contributed by atoms with Crippen molar-refractivity contribution in [1.29, 1.82) is 0 Å². The number of nitrogens with one attached hydrogen (secondary N) is 1. The number of aliphatic hydroxyl groups is 4. The maximum Gasteiger partial charge on any atom is 0.349 e. The molecule has 1 aromatic rings. The van der Waals surface area contributed by atoms with Crippen molar-refractivity contribution in [2.45, 2.75) is 38.7 Å². The highest BCUT2D eigenvalue weighted by molar-refractivity contribution is 5.83. The van der Waals surface area contributed by atoms with Crippen molar-refractivity contribution < 1.29 is 20.4 Å². The molecule has 0 amide bonds. The van der Waals surface area contributed by atoms with E-state index in [9.17, 15) is 24.9 Å². The zero-order chi connectivity index (χ0) is 19.9. The van der Waals surface area contributed by atoms with Crippen LogP contribution in [0.1, 0.15) is 11.1 Å². The molecule has 144 valence electrons. The van der Waals surface area contributed by atoms with Crippen LogP contribution in [0, 0.1) is 13.8 Å². The third-order valence-corrected chi connectivity index (χ3v) is 4.64. The summed E-state index contributed by atoms with van der Waals surface area (Å²) in [6, 6.07) is 3.52. The van der Waals surface area contributed by atoms with E-state index in [0.29, 0.717) is 11.0 Å². The van der Waals surface area contributed by atoms with E-state index in [1.165, 1.54) is 4.57 Å². The quantitative estimate of drug-likeness (QED) is 0.328. The van der Waals surface area contributed by atoms with Gasteiger partial charge in [-0.2, -0.15) is 4.98 Å². The summed E-state index contributed by atoms with van der Waals surface area (Å²) in [6.45, 7) is 2.67. The Balaban J connectivity index is 2.31. The molecule has 0 radical (unpaired) electrons. The number of aryl methyl sites for hydroxylation is 2. The van der Waals surface area contributed by atoms with Crippen LogP contribution in [0.4, 0.5) is 0 Å². The van der Waals surface area contributed by atoms with Gasteiger partial charge >= 0.3 is 5.69 Å². The van der Waals surface area contributed by atoms with Gasteiger partial charge in [0.25, 0.3) is 5.56 Å². The standard InChI is InChI=1S/C17H20N4O6/c1-7-3-4-9-13(8(7)2)21(5-10(23)14(25)11(24)6-22)15-12(18-9)16(26)20-17(27)19-15/h3-4,10-11,14,22-25H,5-6H2,1-2H3,(H,20,26,27)/t10-,11+,14-/m0/s1. The first-order chi connectivity index (χ1) is 12.7. The number of rotatable bonds is 5. The lowest BCUT2D eigenvalue weighted by molar-refractivity contribution is -0.0802. The first kappa shape index (κ1) is 19.1. The van der Waals surface area contributed by atoms with E-state index < -0.39 is 36.2 Å². The van der Waals surface area contributed by atoms with Crippen LogP contribution < -0.4 is 11.2 Å². The average molecular weight is 376 g/mol. The summed E-state index contributed by atoms with van der Waals surface area (Å²) < 4.78 is 1.43. The van der Waals surface area contributed by atoms with Gasteiger partial charge in [0.1, 0.15) is 18.3 Å². The summed E-state index contributed by atoms with van der Waals surface area (Å²) in [6.07, 6.45) is -4.68. The minimum absolute atomic E-state index is 0.0466. The summed E-state index contributed by atoms with van der Waals surface area (Å²) in [5.41, 5.74) is 1.01. The number of nitrogens with zero attached hydrogens (tertiary/aromatic N) is 3. The van der Waals surface area contributed by atoms with E-state index in [4.69, 9.17) is 5.11 Å². The van der Waals surface area contributed by atoms with Crippen LogP contribution in [-0.2, 0) is 6.54 Å². The molecule has 2 aliphatic heterocycles.